The number of ketones is 1. The van der Waals surface area contributed by atoms with Gasteiger partial charge in [-0.25, -0.2) is 0 Å². The first-order valence-electron chi connectivity index (χ1n) is 6.43. The van der Waals surface area contributed by atoms with E-state index in [1.807, 2.05) is 18.2 Å². The van der Waals surface area contributed by atoms with Crippen LogP contribution in [0.5, 0.6) is 0 Å². The van der Waals surface area contributed by atoms with E-state index in [1.165, 1.54) is 0 Å². The Morgan fingerprint density at radius 1 is 1.25 bits per heavy atom. The second-order valence-corrected chi connectivity index (χ2v) is 4.45. The van der Waals surface area contributed by atoms with E-state index in [0.717, 1.165) is 0 Å². The summed E-state index contributed by atoms with van der Waals surface area (Å²) in [5.41, 5.74) is 0.629. The quantitative estimate of drug-likeness (QED) is 0.788. The van der Waals surface area contributed by atoms with Crippen LogP contribution in [0.2, 0.25) is 0 Å². The summed E-state index contributed by atoms with van der Waals surface area (Å²) in [6.45, 7) is 1.50. The summed E-state index contributed by atoms with van der Waals surface area (Å²) in [7, 11) is 0. The van der Waals surface area contributed by atoms with Crippen LogP contribution in [-0.4, -0.2) is 35.7 Å². The number of rotatable bonds is 4. The van der Waals surface area contributed by atoms with Crippen molar-refractivity contribution in [3.05, 3.63) is 47.6 Å². The lowest BCUT2D eigenvalue weighted by Gasteiger charge is -2.19. The molecule has 0 N–H and O–H groups in total. The predicted molar refractivity (Wildman–Crippen MR) is 68.3 cm³/mol. The van der Waals surface area contributed by atoms with E-state index in [9.17, 15) is 4.79 Å². The van der Waals surface area contributed by atoms with E-state index >= 15 is 0 Å². The van der Waals surface area contributed by atoms with E-state index in [0.29, 0.717) is 37.1 Å². The van der Waals surface area contributed by atoms with Crippen LogP contribution in [0, 0.1) is 0 Å². The number of ether oxygens (including phenoxy) is 2. The third-order valence-electron chi connectivity index (χ3n) is 3.00. The summed E-state index contributed by atoms with van der Waals surface area (Å²) >= 11 is 0. The zero-order valence-corrected chi connectivity index (χ0v) is 10.8. The average Bonchev–Trinajstić information content (AvgIpc) is 2.97. The van der Waals surface area contributed by atoms with Crippen molar-refractivity contribution in [2.75, 3.05) is 19.8 Å². The molecule has 0 bridgehead atoms. The van der Waals surface area contributed by atoms with Gasteiger partial charge in [0, 0.05) is 5.56 Å². The van der Waals surface area contributed by atoms with Crippen LogP contribution < -0.4 is 0 Å². The van der Waals surface area contributed by atoms with Gasteiger partial charge in [0.2, 0.25) is 11.7 Å². The summed E-state index contributed by atoms with van der Waals surface area (Å²) in [5, 5.41) is 3.84. The highest BCUT2D eigenvalue weighted by molar-refractivity contribution is 5.96. The Hall–Kier alpha value is -2.05. The minimum Gasteiger partial charge on any atom is -0.376 e. The van der Waals surface area contributed by atoms with Gasteiger partial charge in [0.05, 0.1) is 26.2 Å². The molecule has 1 aliphatic rings. The summed E-state index contributed by atoms with van der Waals surface area (Å²) in [4.78, 5) is 16.2. The fourth-order valence-corrected chi connectivity index (χ4v) is 1.97. The molecule has 6 heteroatoms. The van der Waals surface area contributed by atoms with Crippen molar-refractivity contribution < 1.29 is 18.8 Å². The van der Waals surface area contributed by atoms with Gasteiger partial charge in [-0.15, -0.1) is 0 Å². The highest BCUT2D eigenvalue weighted by atomic mass is 16.6. The van der Waals surface area contributed by atoms with Crippen LogP contribution in [0.4, 0.5) is 0 Å². The number of carbonyl (C=O) groups excluding carboxylic acids is 1. The minimum atomic E-state index is -0.312. The third-order valence-corrected chi connectivity index (χ3v) is 3.00. The van der Waals surface area contributed by atoms with Crippen LogP contribution >= 0.6 is 0 Å². The molecule has 1 saturated heterocycles. The van der Waals surface area contributed by atoms with Crippen molar-refractivity contribution in [1.82, 2.24) is 10.1 Å². The number of carbonyl (C=O) groups is 1. The molecule has 0 radical (unpaired) electrons. The van der Waals surface area contributed by atoms with Gasteiger partial charge < -0.3 is 14.0 Å². The third kappa shape index (κ3) is 2.92. The first-order valence-corrected chi connectivity index (χ1v) is 6.43. The molecule has 1 aromatic heterocycles. The van der Waals surface area contributed by atoms with Gasteiger partial charge in [-0.2, -0.15) is 4.98 Å². The fraction of sp³-hybridized carbons (Fsp3) is 0.357. The van der Waals surface area contributed by atoms with Crippen molar-refractivity contribution in [3.63, 3.8) is 0 Å². The average molecular weight is 274 g/mol. The normalized spacial score (nSPS) is 18.9. The molecule has 1 aromatic carbocycles. The molecule has 0 amide bonds. The van der Waals surface area contributed by atoms with Crippen LogP contribution in [0.25, 0.3) is 0 Å². The second-order valence-electron chi connectivity index (χ2n) is 4.45. The van der Waals surface area contributed by atoms with Gasteiger partial charge in [-0.1, -0.05) is 35.5 Å². The molecule has 1 atom stereocenters. The summed E-state index contributed by atoms with van der Waals surface area (Å²) in [6, 6.07) is 9.02. The maximum absolute atomic E-state index is 12.0. The highest BCUT2D eigenvalue weighted by Crippen LogP contribution is 2.18. The lowest BCUT2D eigenvalue weighted by Crippen LogP contribution is -2.22. The van der Waals surface area contributed by atoms with Gasteiger partial charge in [-0.3, -0.25) is 4.79 Å². The maximum atomic E-state index is 12.0. The molecule has 2 heterocycles. The number of benzene rings is 1. The Balaban J connectivity index is 1.66. The Labute approximate surface area is 115 Å². The molecule has 1 aliphatic heterocycles. The molecule has 3 rings (SSSR count). The molecular weight excluding hydrogens is 260 g/mol. The van der Waals surface area contributed by atoms with Crippen molar-refractivity contribution in [2.45, 2.75) is 12.5 Å². The van der Waals surface area contributed by atoms with E-state index in [-0.39, 0.29) is 18.3 Å². The maximum Gasteiger partial charge on any atom is 0.234 e. The van der Waals surface area contributed by atoms with E-state index in [1.54, 1.807) is 12.1 Å². The highest BCUT2D eigenvalue weighted by Gasteiger charge is 2.23. The van der Waals surface area contributed by atoms with Crippen molar-refractivity contribution in [1.29, 1.82) is 0 Å². The summed E-state index contributed by atoms with van der Waals surface area (Å²) in [6.07, 6.45) is -0.224. The van der Waals surface area contributed by atoms with Gasteiger partial charge in [0.25, 0.3) is 0 Å². The molecule has 0 aliphatic carbocycles. The molecule has 0 saturated carbocycles. The number of hydrogen-bond acceptors (Lipinski definition) is 6. The molecule has 104 valence electrons. The smallest absolute Gasteiger partial charge is 0.234 e. The van der Waals surface area contributed by atoms with Crippen molar-refractivity contribution >= 4 is 5.78 Å². The van der Waals surface area contributed by atoms with Gasteiger partial charge in [0.1, 0.15) is 6.10 Å². The molecule has 2 aromatic rings. The van der Waals surface area contributed by atoms with Gasteiger partial charge >= 0.3 is 0 Å². The van der Waals surface area contributed by atoms with Crippen LogP contribution in [0.1, 0.15) is 28.2 Å². The van der Waals surface area contributed by atoms with Crippen LogP contribution in [0.3, 0.4) is 0 Å². The lowest BCUT2D eigenvalue weighted by molar-refractivity contribution is -0.0941. The first-order chi connectivity index (χ1) is 9.83. The number of nitrogens with zero attached hydrogens (tertiary/aromatic N) is 2. The standard InChI is InChI=1S/C14H14N2O4/c17-11(10-4-2-1-3-5-10)8-13-15-14(16-20-13)12-9-18-6-7-19-12/h1-5,12H,6-9H2. The Bertz CT molecular complexity index is 576. The minimum absolute atomic E-state index is 0.0541. The largest absolute Gasteiger partial charge is 0.376 e. The molecule has 20 heavy (non-hydrogen) atoms. The van der Waals surface area contributed by atoms with Crippen molar-refractivity contribution in [3.8, 4) is 0 Å². The van der Waals surface area contributed by atoms with E-state index < -0.39 is 0 Å². The summed E-state index contributed by atoms with van der Waals surface area (Å²) in [5.74, 6) is 0.671. The van der Waals surface area contributed by atoms with Gasteiger partial charge in [0.15, 0.2) is 5.78 Å². The summed E-state index contributed by atoms with van der Waals surface area (Å²) < 4.78 is 15.8. The number of aromatic nitrogens is 2. The lowest BCUT2D eigenvalue weighted by atomic mass is 10.1. The Morgan fingerprint density at radius 2 is 2.10 bits per heavy atom. The second kappa shape index (κ2) is 5.94. The topological polar surface area (TPSA) is 74.5 Å². The number of Topliss-reactive ketones (excluding diaryl/α,β-unsaturated/α-hetero) is 1. The number of hydrogen-bond donors (Lipinski definition) is 0. The fourth-order valence-electron chi connectivity index (χ4n) is 1.97. The SMILES string of the molecule is O=C(Cc1nc(C2COCCO2)no1)c1ccccc1. The zero-order valence-electron chi connectivity index (χ0n) is 10.8. The molecule has 6 nitrogen and oxygen atoms in total. The molecule has 0 spiro atoms. The molecule has 1 unspecified atom stereocenters. The molecule has 1 fully saturated rings. The predicted octanol–water partition coefficient (Wildman–Crippen LogP) is 1.58. The van der Waals surface area contributed by atoms with E-state index in [2.05, 4.69) is 10.1 Å². The van der Waals surface area contributed by atoms with Crippen molar-refractivity contribution in [2.24, 2.45) is 0 Å². The van der Waals surface area contributed by atoms with Crippen LogP contribution in [-0.2, 0) is 15.9 Å². The Morgan fingerprint density at radius 3 is 2.85 bits per heavy atom. The van der Waals surface area contributed by atoms with E-state index in [4.69, 9.17) is 14.0 Å². The monoisotopic (exact) mass is 274 g/mol. The first kappa shape index (κ1) is 13.0. The Kier molecular flexibility index (Phi) is 3.85. The van der Waals surface area contributed by atoms with Gasteiger partial charge in [-0.05, 0) is 0 Å². The van der Waals surface area contributed by atoms with Crippen LogP contribution in [0.15, 0.2) is 34.9 Å². The molecular formula is C14H14N2O4. The zero-order chi connectivity index (χ0) is 13.8.